The molecule has 0 aliphatic rings. The first kappa shape index (κ1) is 12.2. The molecule has 1 atom stereocenters. The molecule has 3 heteroatoms. The zero-order valence-electron chi connectivity index (χ0n) is 8.76. The van der Waals surface area contributed by atoms with Gasteiger partial charge < -0.3 is 5.73 Å². The highest BCUT2D eigenvalue weighted by Gasteiger charge is 2.11. The van der Waals surface area contributed by atoms with Crippen LogP contribution in [-0.4, -0.2) is 0 Å². The van der Waals surface area contributed by atoms with E-state index in [4.69, 9.17) is 17.3 Å². The molecular formula is C12H15ClFN. The molecular weight excluding hydrogens is 213 g/mol. The molecule has 0 amide bonds. The van der Waals surface area contributed by atoms with Gasteiger partial charge in [-0.3, -0.25) is 0 Å². The molecule has 0 aliphatic heterocycles. The van der Waals surface area contributed by atoms with Gasteiger partial charge in [-0.05, 0) is 30.5 Å². The molecule has 0 radical (unpaired) electrons. The van der Waals surface area contributed by atoms with Crippen molar-refractivity contribution in [3.63, 3.8) is 0 Å². The summed E-state index contributed by atoms with van der Waals surface area (Å²) in [6.07, 6.45) is 1.58. The van der Waals surface area contributed by atoms with Crippen molar-refractivity contribution in [2.75, 3.05) is 0 Å². The minimum Gasteiger partial charge on any atom is -0.324 e. The Balaban J connectivity index is 2.82. The van der Waals surface area contributed by atoms with Gasteiger partial charge in [0.2, 0.25) is 0 Å². The van der Waals surface area contributed by atoms with Gasteiger partial charge in [0, 0.05) is 11.1 Å². The lowest BCUT2D eigenvalue weighted by atomic mass is 9.99. The third kappa shape index (κ3) is 3.33. The van der Waals surface area contributed by atoms with E-state index >= 15 is 0 Å². The van der Waals surface area contributed by atoms with Crippen molar-refractivity contribution in [2.24, 2.45) is 5.73 Å². The highest BCUT2D eigenvalue weighted by molar-refractivity contribution is 6.31. The van der Waals surface area contributed by atoms with E-state index in [2.05, 4.69) is 6.58 Å². The molecule has 1 aromatic carbocycles. The Labute approximate surface area is 94.7 Å². The summed E-state index contributed by atoms with van der Waals surface area (Å²) in [7, 11) is 0. The maximum absolute atomic E-state index is 12.8. The van der Waals surface area contributed by atoms with Gasteiger partial charge in [0.25, 0.3) is 0 Å². The SMILES string of the molecule is C=C(CC)CC(N)c1ccc(F)cc1Cl. The lowest BCUT2D eigenvalue weighted by Gasteiger charge is -2.14. The smallest absolute Gasteiger partial charge is 0.124 e. The minimum absolute atomic E-state index is 0.203. The number of nitrogens with two attached hydrogens (primary N) is 1. The third-order valence-electron chi connectivity index (χ3n) is 2.37. The number of rotatable bonds is 4. The quantitative estimate of drug-likeness (QED) is 0.778. The van der Waals surface area contributed by atoms with Crippen LogP contribution < -0.4 is 5.73 Å². The Bertz CT molecular complexity index is 363. The molecule has 0 aliphatic carbocycles. The van der Waals surface area contributed by atoms with Crippen LogP contribution in [0.15, 0.2) is 30.4 Å². The van der Waals surface area contributed by atoms with Crippen molar-refractivity contribution < 1.29 is 4.39 Å². The Morgan fingerprint density at radius 2 is 2.27 bits per heavy atom. The minimum atomic E-state index is -0.342. The van der Waals surface area contributed by atoms with Gasteiger partial charge in [0.1, 0.15) is 5.82 Å². The van der Waals surface area contributed by atoms with Crippen LogP contribution >= 0.6 is 11.6 Å². The second-order valence-corrected chi connectivity index (χ2v) is 3.99. The van der Waals surface area contributed by atoms with Gasteiger partial charge in [0.15, 0.2) is 0 Å². The van der Waals surface area contributed by atoms with Crippen molar-refractivity contribution in [2.45, 2.75) is 25.8 Å². The zero-order valence-corrected chi connectivity index (χ0v) is 9.52. The summed E-state index contributed by atoms with van der Waals surface area (Å²) in [5, 5.41) is 0.381. The molecule has 0 spiro atoms. The van der Waals surface area contributed by atoms with Gasteiger partial charge in [-0.2, -0.15) is 0 Å². The van der Waals surface area contributed by atoms with Crippen LogP contribution in [0.1, 0.15) is 31.4 Å². The molecule has 0 heterocycles. The topological polar surface area (TPSA) is 26.0 Å². The summed E-state index contributed by atoms with van der Waals surface area (Å²) in [4.78, 5) is 0. The fourth-order valence-electron chi connectivity index (χ4n) is 1.37. The Kier molecular flexibility index (Phi) is 4.30. The zero-order chi connectivity index (χ0) is 11.4. The van der Waals surface area contributed by atoms with E-state index in [1.165, 1.54) is 12.1 Å². The second-order valence-electron chi connectivity index (χ2n) is 3.58. The molecule has 1 aromatic rings. The van der Waals surface area contributed by atoms with Crippen LogP contribution in [0.25, 0.3) is 0 Å². The first-order chi connectivity index (χ1) is 7.04. The predicted octanol–water partition coefficient (Wildman–Crippen LogP) is 3.84. The number of hydrogen-bond donors (Lipinski definition) is 1. The summed E-state index contributed by atoms with van der Waals surface area (Å²) in [6.45, 7) is 5.92. The maximum atomic E-state index is 12.8. The van der Waals surface area contributed by atoms with Gasteiger partial charge in [-0.25, -0.2) is 4.39 Å². The Morgan fingerprint density at radius 1 is 1.60 bits per heavy atom. The van der Waals surface area contributed by atoms with Crippen molar-refractivity contribution >= 4 is 11.6 Å². The van der Waals surface area contributed by atoms with Crippen LogP contribution in [0, 0.1) is 5.82 Å². The van der Waals surface area contributed by atoms with E-state index in [0.717, 1.165) is 17.6 Å². The van der Waals surface area contributed by atoms with Crippen LogP contribution in [0.4, 0.5) is 4.39 Å². The van der Waals surface area contributed by atoms with Crippen LogP contribution in [0.2, 0.25) is 5.02 Å². The van der Waals surface area contributed by atoms with Gasteiger partial charge in [0.05, 0.1) is 0 Å². The molecule has 0 saturated heterocycles. The van der Waals surface area contributed by atoms with Crippen molar-refractivity contribution in [1.82, 2.24) is 0 Å². The second kappa shape index (κ2) is 5.29. The van der Waals surface area contributed by atoms with E-state index < -0.39 is 0 Å². The standard InChI is InChI=1S/C12H15ClFN/c1-3-8(2)6-12(15)10-5-4-9(14)7-11(10)13/h4-5,7,12H,2-3,6,15H2,1H3. The first-order valence-electron chi connectivity index (χ1n) is 4.91. The Hall–Kier alpha value is -0.860. The summed E-state index contributed by atoms with van der Waals surface area (Å²) < 4.78 is 12.8. The Morgan fingerprint density at radius 3 is 2.80 bits per heavy atom. The summed E-state index contributed by atoms with van der Waals surface area (Å²) >= 11 is 5.90. The molecule has 15 heavy (non-hydrogen) atoms. The lowest BCUT2D eigenvalue weighted by molar-refractivity contribution is 0.624. The number of halogens is 2. The van der Waals surface area contributed by atoms with E-state index in [1.807, 2.05) is 6.92 Å². The van der Waals surface area contributed by atoms with Crippen molar-refractivity contribution in [1.29, 1.82) is 0 Å². The van der Waals surface area contributed by atoms with Crippen LogP contribution in [-0.2, 0) is 0 Å². The summed E-state index contributed by atoms with van der Waals surface area (Å²) in [5.74, 6) is -0.342. The van der Waals surface area contributed by atoms with Gasteiger partial charge >= 0.3 is 0 Å². The van der Waals surface area contributed by atoms with E-state index in [-0.39, 0.29) is 11.9 Å². The summed E-state index contributed by atoms with van der Waals surface area (Å²) in [6, 6.07) is 4.08. The molecule has 2 N–H and O–H groups in total. The van der Waals surface area contributed by atoms with Crippen LogP contribution in [0.3, 0.4) is 0 Å². The average Bonchev–Trinajstić information content (AvgIpc) is 2.17. The summed E-state index contributed by atoms with van der Waals surface area (Å²) in [5.41, 5.74) is 7.80. The lowest BCUT2D eigenvalue weighted by Crippen LogP contribution is -2.11. The number of benzene rings is 1. The van der Waals surface area contributed by atoms with Gasteiger partial charge in [-0.15, -0.1) is 0 Å². The molecule has 0 bridgehead atoms. The van der Waals surface area contributed by atoms with Crippen molar-refractivity contribution in [3.05, 3.63) is 46.8 Å². The molecule has 1 nitrogen and oxygen atoms in total. The normalized spacial score (nSPS) is 12.5. The van der Waals surface area contributed by atoms with Gasteiger partial charge in [-0.1, -0.05) is 36.7 Å². The first-order valence-corrected chi connectivity index (χ1v) is 5.29. The molecule has 0 aromatic heterocycles. The third-order valence-corrected chi connectivity index (χ3v) is 2.70. The van der Waals surface area contributed by atoms with E-state index in [0.29, 0.717) is 11.4 Å². The highest BCUT2D eigenvalue weighted by Crippen LogP contribution is 2.26. The molecule has 0 fully saturated rings. The predicted molar refractivity (Wildman–Crippen MR) is 62.4 cm³/mol. The molecule has 1 rings (SSSR count). The van der Waals surface area contributed by atoms with E-state index in [9.17, 15) is 4.39 Å². The number of hydrogen-bond acceptors (Lipinski definition) is 1. The molecule has 82 valence electrons. The monoisotopic (exact) mass is 227 g/mol. The molecule has 1 unspecified atom stereocenters. The fraction of sp³-hybridized carbons (Fsp3) is 0.333. The highest BCUT2D eigenvalue weighted by atomic mass is 35.5. The average molecular weight is 228 g/mol. The van der Waals surface area contributed by atoms with E-state index in [1.54, 1.807) is 6.07 Å². The van der Waals surface area contributed by atoms with Crippen LogP contribution in [0.5, 0.6) is 0 Å². The largest absolute Gasteiger partial charge is 0.324 e. The maximum Gasteiger partial charge on any atom is 0.124 e. The fourth-order valence-corrected chi connectivity index (χ4v) is 1.67. The molecule has 0 saturated carbocycles. The van der Waals surface area contributed by atoms with Crippen molar-refractivity contribution in [3.8, 4) is 0 Å².